The van der Waals surface area contributed by atoms with Gasteiger partial charge in [-0.2, -0.15) is 0 Å². The fourth-order valence-corrected chi connectivity index (χ4v) is 4.69. The summed E-state index contributed by atoms with van der Waals surface area (Å²) in [6.45, 7) is -0.110. The maximum absolute atomic E-state index is 13.4. The van der Waals surface area contributed by atoms with Crippen molar-refractivity contribution in [3.63, 3.8) is 0 Å². The first-order chi connectivity index (χ1) is 15.8. The minimum absolute atomic E-state index is 0.0332. The van der Waals surface area contributed by atoms with Crippen molar-refractivity contribution >= 4 is 44.8 Å². The van der Waals surface area contributed by atoms with Gasteiger partial charge in [-0.05, 0) is 54.6 Å². The van der Waals surface area contributed by atoms with Gasteiger partial charge in [0.2, 0.25) is 5.91 Å². The molecular formula is C23H22Cl2N2O5S. The predicted molar refractivity (Wildman–Crippen MR) is 129 cm³/mol. The molecule has 0 aliphatic heterocycles. The number of carbonyl (C=O) groups excluding carboxylic acids is 1. The van der Waals surface area contributed by atoms with Gasteiger partial charge in [0.25, 0.3) is 10.0 Å². The minimum Gasteiger partial charge on any atom is -0.495 e. The number of carbonyl (C=O) groups is 1. The van der Waals surface area contributed by atoms with Gasteiger partial charge in [0.15, 0.2) is 0 Å². The fraction of sp³-hybridized carbons (Fsp3) is 0.174. The number of sulfonamides is 1. The zero-order valence-electron chi connectivity index (χ0n) is 17.7. The zero-order valence-corrected chi connectivity index (χ0v) is 20.0. The maximum Gasteiger partial charge on any atom is 0.264 e. The van der Waals surface area contributed by atoms with Crippen molar-refractivity contribution in [2.24, 2.45) is 0 Å². The van der Waals surface area contributed by atoms with Crippen LogP contribution in [0.15, 0.2) is 77.7 Å². The second-order valence-corrected chi connectivity index (χ2v) is 9.53. The average Bonchev–Trinajstić information content (AvgIpc) is 2.82. The Balaban J connectivity index is 1.76. The highest BCUT2D eigenvalue weighted by Crippen LogP contribution is 2.34. The van der Waals surface area contributed by atoms with Crippen LogP contribution in [-0.2, 0) is 14.8 Å². The number of nitrogens with one attached hydrogen (secondary N) is 1. The lowest BCUT2D eigenvalue weighted by Crippen LogP contribution is -2.42. The molecule has 0 saturated heterocycles. The Morgan fingerprint density at radius 2 is 1.64 bits per heavy atom. The van der Waals surface area contributed by atoms with Gasteiger partial charge >= 0.3 is 0 Å². The second-order valence-electron chi connectivity index (χ2n) is 6.79. The van der Waals surface area contributed by atoms with E-state index in [0.29, 0.717) is 15.8 Å². The first-order valence-corrected chi connectivity index (χ1v) is 12.1. The van der Waals surface area contributed by atoms with Gasteiger partial charge in [-0.1, -0.05) is 41.4 Å². The molecule has 0 saturated carbocycles. The third-order valence-electron chi connectivity index (χ3n) is 4.53. The molecule has 1 N–H and O–H groups in total. The highest BCUT2D eigenvalue weighted by atomic mass is 35.5. The topological polar surface area (TPSA) is 84.9 Å². The molecule has 0 heterocycles. The van der Waals surface area contributed by atoms with Crippen LogP contribution in [0.5, 0.6) is 11.5 Å². The van der Waals surface area contributed by atoms with Crippen LogP contribution in [0, 0.1) is 0 Å². The van der Waals surface area contributed by atoms with E-state index >= 15 is 0 Å². The molecular weight excluding hydrogens is 487 g/mol. The number of halogens is 2. The Labute approximate surface area is 202 Å². The first kappa shape index (κ1) is 24.7. The number of methoxy groups -OCH3 is 1. The smallest absolute Gasteiger partial charge is 0.264 e. The van der Waals surface area contributed by atoms with Crippen LogP contribution < -0.4 is 19.1 Å². The van der Waals surface area contributed by atoms with Crippen LogP contribution in [0.4, 0.5) is 5.69 Å². The van der Waals surface area contributed by atoms with Crippen molar-refractivity contribution in [3.8, 4) is 11.5 Å². The van der Waals surface area contributed by atoms with Gasteiger partial charge < -0.3 is 14.8 Å². The van der Waals surface area contributed by atoms with Crippen molar-refractivity contribution in [1.82, 2.24) is 5.32 Å². The van der Waals surface area contributed by atoms with Crippen molar-refractivity contribution in [2.75, 3.05) is 31.1 Å². The Bertz CT molecular complexity index is 1190. The van der Waals surface area contributed by atoms with Gasteiger partial charge in [0, 0.05) is 10.0 Å². The molecule has 3 aromatic carbocycles. The van der Waals surface area contributed by atoms with Crippen molar-refractivity contribution in [2.45, 2.75) is 4.90 Å². The summed E-state index contributed by atoms with van der Waals surface area (Å²) in [5.41, 5.74) is 0.154. The predicted octanol–water partition coefficient (Wildman–Crippen LogP) is 4.39. The van der Waals surface area contributed by atoms with Crippen LogP contribution in [0.25, 0.3) is 0 Å². The molecule has 174 valence electrons. The summed E-state index contributed by atoms with van der Waals surface area (Å²) in [6, 6.07) is 19.2. The van der Waals surface area contributed by atoms with E-state index in [1.54, 1.807) is 54.6 Å². The number of amides is 1. The van der Waals surface area contributed by atoms with Gasteiger partial charge in [-0.25, -0.2) is 8.42 Å². The molecule has 0 unspecified atom stereocenters. The van der Waals surface area contributed by atoms with E-state index in [2.05, 4.69) is 5.32 Å². The van der Waals surface area contributed by atoms with E-state index in [-0.39, 0.29) is 29.5 Å². The summed E-state index contributed by atoms with van der Waals surface area (Å²) >= 11 is 12.0. The molecule has 3 aromatic rings. The lowest BCUT2D eigenvalue weighted by Gasteiger charge is -2.25. The summed E-state index contributed by atoms with van der Waals surface area (Å²) in [7, 11) is -2.68. The molecule has 10 heteroatoms. The minimum atomic E-state index is -4.09. The molecule has 0 spiro atoms. The van der Waals surface area contributed by atoms with Crippen LogP contribution in [0.2, 0.25) is 10.0 Å². The number of benzene rings is 3. The number of anilines is 1. The standard InChI is InChI=1S/C23H22Cl2N2O5S/c1-31-22-12-9-18(25)15-21(22)27(33(29,30)20-5-3-2-4-6-20)16-23(28)26-13-14-32-19-10-7-17(24)8-11-19/h2-12,15H,13-14,16H2,1H3,(H,26,28). The van der Waals surface area contributed by atoms with Gasteiger partial charge in [-0.3, -0.25) is 9.10 Å². The molecule has 0 aliphatic rings. The van der Waals surface area contributed by atoms with Crippen LogP contribution in [-0.4, -0.2) is 41.1 Å². The largest absolute Gasteiger partial charge is 0.495 e. The highest BCUT2D eigenvalue weighted by molar-refractivity contribution is 7.92. The van der Waals surface area contributed by atoms with Crippen molar-refractivity contribution < 1.29 is 22.7 Å². The molecule has 0 aliphatic carbocycles. The van der Waals surface area contributed by atoms with Crippen molar-refractivity contribution in [3.05, 3.63) is 82.8 Å². The molecule has 0 aromatic heterocycles. The van der Waals surface area contributed by atoms with E-state index in [4.69, 9.17) is 32.7 Å². The molecule has 33 heavy (non-hydrogen) atoms. The van der Waals surface area contributed by atoms with E-state index in [1.807, 2.05) is 0 Å². The summed E-state index contributed by atoms with van der Waals surface area (Å²) in [5, 5.41) is 3.56. The number of ether oxygens (including phenoxy) is 2. The summed E-state index contributed by atoms with van der Waals surface area (Å²) in [5.74, 6) is 0.347. The normalized spacial score (nSPS) is 11.0. The molecule has 0 fully saturated rings. The Morgan fingerprint density at radius 3 is 2.30 bits per heavy atom. The first-order valence-electron chi connectivity index (χ1n) is 9.87. The molecule has 0 atom stereocenters. The summed E-state index contributed by atoms with van der Waals surface area (Å²) < 4.78 is 38.6. The number of hydrogen-bond acceptors (Lipinski definition) is 5. The van der Waals surface area contributed by atoms with Gasteiger partial charge in [0.05, 0.1) is 24.2 Å². The Kier molecular flexibility index (Phi) is 8.43. The lowest BCUT2D eigenvalue weighted by molar-refractivity contribution is -0.119. The van der Waals surface area contributed by atoms with Crippen molar-refractivity contribution in [1.29, 1.82) is 0 Å². The van der Waals surface area contributed by atoms with Gasteiger partial charge in [-0.15, -0.1) is 0 Å². The van der Waals surface area contributed by atoms with E-state index < -0.39 is 22.5 Å². The molecule has 0 radical (unpaired) electrons. The fourth-order valence-electron chi connectivity index (χ4n) is 2.95. The van der Waals surface area contributed by atoms with E-state index in [1.165, 1.54) is 25.3 Å². The number of rotatable bonds is 10. The van der Waals surface area contributed by atoms with Crippen LogP contribution in [0.3, 0.4) is 0 Å². The number of nitrogens with zero attached hydrogens (tertiary/aromatic N) is 1. The Hall–Kier alpha value is -2.94. The van der Waals surface area contributed by atoms with E-state index in [9.17, 15) is 13.2 Å². The summed E-state index contributed by atoms with van der Waals surface area (Å²) in [6.07, 6.45) is 0. The quantitative estimate of drug-likeness (QED) is 0.410. The second kappa shape index (κ2) is 11.3. The summed E-state index contributed by atoms with van der Waals surface area (Å²) in [4.78, 5) is 12.7. The monoisotopic (exact) mass is 508 g/mol. The van der Waals surface area contributed by atoms with Crippen LogP contribution >= 0.6 is 23.2 Å². The molecule has 7 nitrogen and oxygen atoms in total. The molecule has 1 amide bonds. The highest BCUT2D eigenvalue weighted by Gasteiger charge is 2.29. The molecule has 0 bridgehead atoms. The van der Waals surface area contributed by atoms with E-state index in [0.717, 1.165) is 4.31 Å². The third-order valence-corrected chi connectivity index (χ3v) is 6.80. The van der Waals surface area contributed by atoms with Gasteiger partial charge in [0.1, 0.15) is 24.7 Å². The average molecular weight is 509 g/mol. The third kappa shape index (κ3) is 6.54. The molecule has 3 rings (SSSR count). The Morgan fingerprint density at radius 1 is 0.970 bits per heavy atom. The number of hydrogen-bond donors (Lipinski definition) is 1. The maximum atomic E-state index is 13.4. The van der Waals surface area contributed by atoms with Crippen LogP contribution in [0.1, 0.15) is 0 Å². The lowest BCUT2D eigenvalue weighted by atomic mass is 10.3. The SMILES string of the molecule is COc1ccc(Cl)cc1N(CC(=O)NCCOc1ccc(Cl)cc1)S(=O)(=O)c1ccccc1. The zero-order chi connectivity index (χ0) is 23.8.